The first-order chi connectivity index (χ1) is 9.42. The van der Waals surface area contributed by atoms with Crippen LogP contribution >= 0.6 is 22.7 Å². The van der Waals surface area contributed by atoms with E-state index < -0.39 is 0 Å². The molecule has 2 heteroatoms. The van der Waals surface area contributed by atoms with E-state index in [1.807, 2.05) is 22.7 Å². The second-order valence-electron chi connectivity index (χ2n) is 8.45. The molecule has 116 valence electrons. The van der Waals surface area contributed by atoms with Crippen molar-refractivity contribution in [1.29, 1.82) is 0 Å². The molecule has 0 saturated carbocycles. The minimum atomic E-state index is 0.0995. The Kier molecular flexibility index (Phi) is 4.18. The molecule has 2 aromatic heterocycles. The van der Waals surface area contributed by atoms with Crippen LogP contribution in [0.5, 0.6) is 0 Å². The third-order valence-corrected chi connectivity index (χ3v) is 7.59. The molecule has 2 rings (SSSR count). The summed E-state index contributed by atoms with van der Waals surface area (Å²) < 4.78 is 0. The lowest BCUT2D eigenvalue weighted by Crippen LogP contribution is -2.15. The van der Waals surface area contributed by atoms with Gasteiger partial charge in [0.05, 0.1) is 0 Å². The Morgan fingerprint density at radius 1 is 0.524 bits per heavy atom. The minimum Gasteiger partial charge on any atom is -0.144 e. The third kappa shape index (κ3) is 3.43. The van der Waals surface area contributed by atoms with Crippen LogP contribution in [0.25, 0.3) is 0 Å². The summed E-state index contributed by atoms with van der Waals surface area (Å²) in [6.07, 6.45) is 0. The van der Waals surface area contributed by atoms with Crippen LogP contribution in [0, 0.1) is 0 Å². The van der Waals surface area contributed by atoms with E-state index in [0.717, 1.165) is 0 Å². The average molecular weight is 321 g/mol. The minimum absolute atomic E-state index is 0.0995. The molecule has 0 radical (unpaired) electrons. The van der Waals surface area contributed by atoms with Crippen LogP contribution in [0.1, 0.15) is 74.9 Å². The van der Waals surface area contributed by atoms with Gasteiger partial charge in [-0.1, -0.05) is 55.4 Å². The Hall–Kier alpha value is -0.600. The van der Waals surface area contributed by atoms with E-state index in [1.165, 1.54) is 19.5 Å². The molecule has 0 atom stereocenters. The van der Waals surface area contributed by atoms with Gasteiger partial charge in [0.2, 0.25) is 0 Å². The summed E-state index contributed by atoms with van der Waals surface area (Å²) in [6.45, 7) is 18.4. The Bertz CT molecular complexity index is 558. The van der Waals surface area contributed by atoms with Crippen molar-refractivity contribution in [3.05, 3.63) is 43.8 Å². The predicted octanol–water partition coefficient (Wildman–Crippen LogP) is 6.73. The molecule has 0 N–H and O–H groups in total. The molecule has 0 aliphatic heterocycles. The van der Waals surface area contributed by atoms with Crippen LogP contribution in [0.4, 0.5) is 0 Å². The molecule has 0 unspecified atom stereocenters. The van der Waals surface area contributed by atoms with Crippen LogP contribution in [0.3, 0.4) is 0 Å². The number of hydrogen-bond acceptors (Lipinski definition) is 2. The van der Waals surface area contributed by atoms with Crippen molar-refractivity contribution in [3.63, 3.8) is 0 Å². The maximum absolute atomic E-state index is 2.35. The van der Waals surface area contributed by atoms with Gasteiger partial charge in [-0.25, -0.2) is 0 Å². The Morgan fingerprint density at radius 2 is 0.810 bits per heavy atom. The first-order valence-electron chi connectivity index (χ1n) is 7.64. The fourth-order valence-corrected chi connectivity index (χ4v) is 4.70. The first kappa shape index (κ1) is 16.8. The molecule has 0 aromatic carbocycles. The molecule has 0 aliphatic rings. The summed E-state index contributed by atoms with van der Waals surface area (Å²) in [5.74, 6) is 0. The monoisotopic (exact) mass is 320 g/mol. The lowest BCUT2D eigenvalue weighted by Gasteiger charge is -2.23. The van der Waals surface area contributed by atoms with E-state index in [-0.39, 0.29) is 16.2 Å². The Balaban J connectivity index is 2.38. The fourth-order valence-electron chi connectivity index (χ4n) is 2.28. The van der Waals surface area contributed by atoms with Crippen molar-refractivity contribution in [2.75, 3.05) is 0 Å². The van der Waals surface area contributed by atoms with Crippen molar-refractivity contribution < 1.29 is 0 Å². The van der Waals surface area contributed by atoms with Gasteiger partial charge >= 0.3 is 0 Å². The smallest absolute Gasteiger partial charge is 0.0334 e. The molecule has 2 heterocycles. The van der Waals surface area contributed by atoms with Crippen molar-refractivity contribution in [2.45, 2.75) is 71.6 Å². The van der Waals surface area contributed by atoms with Gasteiger partial charge in [0.25, 0.3) is 0 Å². The largest absolute Gasteiger partial charge is 0.144 e. The maximum atomic E-state index is 2.35. The van der Waals surface area contributed by atoms with Crippen molar-refractivity contribution in [1.82, 2.24) is 0 Å². The van der Waals surface area contributed by atoms with Gasteiger partial charge in [-0.15, -0.1) is 22.7 Å². The van der Waals surface area contributed by atoms with E-state index in [2.05, 4.69) is 79.7 Å². The van der Waals surface area contributed by atoms with Crippen LogP contribution in [0.15, 0.2) is 24.3 Å². The van der Waals surface area contributed by atoms with E-state index in [4.69, 9.17) is 0 Å². The zero-order valence-electron chi connectivity index (χ0n) is 14.6. The van der Waals surface area contributed by atoms with E-state index in [9.17, 15) is 0 Å². The second-order valence-corrected chi connectivity index (χ2v) is 10.6. The predicted molar refractivity (Wildman–Crippen MR) is 98.2 cm³/mol. The van der Waals surface area contributed by atoms with Gasteiger partial charge in [-0.2, -0.15) is 0 Å². The van der Waals surface area contributed by atoms with Crippen molar-refractivity contribution in [3.8, 4) is 0 Å². The molecule has 0 fully saturated rings. The lowest BCUT2D eigenvalue weighted by molar-refractivity contribution is 0.603. The molecular formula is C19H28S2. The summed E-state index contributed by atoms with van der Waals surface area (Å²) in [4.78, 5) is 5.88. The molecule has 0 spiro atoms. The number of hydrogen-bond donors (Lipinski definition) is 0. The van der Waals surface area contributed by atoms with Gasteiger partial charge < -0.3 is 0 Å². The zero-order chi connectivity index (χ0) is 16.1. The normalized spacial score (nSPS) is 13.7. The quantitative estimate of drug-likeness (QED) is 0.575. The van der Waals surface area contributed by atoms with E-state index >= 15 is 0 Å². The fraction of sp³-hybridized carbons (Fsp3) is 0.579. The molecule has 0 nitrogen and oxygen atoms in total. The highest BCUT2D eigenvalue weighted by molar-refractivity contribution is 7.14. The average Bonchev–Trinajstić information content (AvgIpc) is 2.97. The van der Waals surface area contributed by atoms with Crippen LogP contribution < -0.4 is 0 Å². The Morgan fingerprint density at radius 3 is 1.05 bits per heavy atom. The molecule has 0 aliphatic carbocycles. The molecule has 0 bridgehead atoms. The van der Waals surface area contributed by atoms with Crippen LogP contribution in [-0.2, 0) is 16.2 Å². The van der Waals surface area contributed by atoms with E-state index in [0.29, 0.717) is 0 Å². The SMILES string of the molecule is CC(C)(C)c1ccc(C(C)(C)c2ccc(C(C)(C)C)s2)s1. The molecule has 2 aromatic rings. The maximum Gasteiger partial charge on any atom is 0.0334 e. The summed E-state index contributed by atoms with van der Waals surface area (Å²) in [7, 11) is 0. The van der Waals surface area contributed by atoms with Crippen LogP contribution in [-0.4, -0.2) is 0 Å². The molecular weight excluding hydrogens is 292 g/mol. The summed E-state index contributed by atoms with van der Waals surface area (Å²) in [6, 6.07) is 9.25. The first-order valence-corrected chi connectivity index (χ1v) is 9.27. The number of rotatable bonds is 2. The highest BCUT2D eigenvalue weighted by Crippen LogP contribution is 2.43. The summed E-state index contributed by atoms with van der Waals surface area (Å²) in [5.41, 5.74) is 0.582. The van der Waals surface area contributed by atoms with Gasteiger partial charge in [-0.3, -0.25) is 0 Å². The van der Waals surface area contributed by atoms with Crippen molar-refractivity contribution >= 4 is 22.7 Å². The number of thiophene rings is 2. The Labute approximate surface area is 138 Å². The zero-order valence-corrected chi connectivity index (χ0v) is 16.3. The molecule has 0 saturated heterocycles. The highest BCUT2D eigenvalue weighted by Gasteiger charge is 2.29. The third-order valence-electron chi connectivity index (χ3n) is 3.92. The molecule has 0 amide bonds. The van der Waals surface area contributed by atoms with E-state index in [1.54, 1.807) is 0 Å². The van der Waals surface area contributed by atoms with Gasteiger partial charge in [0.15, 0.2) is 0 Å². The molecule has 21 heavy (non-hydrogen) atoms. The highest BCUT2D eigenvalue weighted by atomic mass is 32.1. The van der Waals surface area contributed by atoms with Crippen LogP contribution in [0.2, 0.25) is 0 Å². The summed E-state index contributed by atoms with van der Waals surface area (Å²) >= 11 is 3.93. The van der Waals surface area contributed by atoms with Gasteiger partial charge in [0, 0.05) is 24.9 Å². The van der Waals surface area contributed by atoms with Crippen molar-refractivity contribution in [2.24, 2.45) is 0 Å². The van der Waals surface area contributed by atoms with Gasteiger partial charge in [-0.05, 0) is 35.1 Å². The lowest BCUT2D eigenvalue weighted by atomic mass is 9.89. The topological polar surface area (TPSA) is 0 Å². The summed E-state index contributed by atoms with van der Waals surface area (Å²) in [5, 5.41) is 0. The standard InChI is InChI=1S/C19H28S2/c1-17(2,3)13-9-11-15(20-13)19(7,8)16-12-10-14(21-16)18(4,5)6/h9-12H,1-8H3. The van der Waals surface area contributed by atoms with Gasteiger partial charge in [0.1, 0.15) is 0 Å². The second kappa shape index (κ2) is 5.24.